The summed E-state index contributed by atoms with van der Waals surface area (Å²) in [4.78, 5) is 11.8. The molecule has 0 amide bonds. The minimum atomic E-state index is -4.45. The third-order valence-electron chi connectivity index (χ3n) is 2.82. The van der Waals surface area contributed by atoms with Crippen molar-refractivity contribution in [1.29, 1.82) is 0 Å². The molecule has 0 saturated heterocycles. The molecule has 5 heteroatoms. The third-order valence-corrected chi connectivity index (χ3v) is 3.52. The van der Waals surface area contributed by atoms with Crippen molar-refractivity contribution in [2.24, 2.45) is 5.92 Å². The van der Waals surface area contributed by atoms with Crippen molar-refractivity contribution in [3.8, 4) is 0 Å². The number of hydrogen-bond donors (Lipinski definition) is 0. The molecule has 0 N–H and O–H groups in total. The predicted octanol–water partition coefficient (Wildman–Crippen LogP) is 5.09. The summed E-state index contributed by atoms with van der Waals surface area (Å²) in [5.74, 6) is -0.0715. The largest absolute Gasteiger partial charge is 0.417 e. The number of hydrogen-bond acceptors (Lipinski definition) is 1. The third kappa shape index (κ3) is 3.83. The Morgan fingerprint density at radius 3 is 2.50 bits per heavy atom. The van der Waals surface area contributed by atoms with E-state index in [0.29, 0.717) is 0 Å². The normalized spacial score (nSPS) is 13.4. The van der Waals surface area contributed by atoms with E-state index in [1.165, 1.54) is 12.1 Å². The zero-order valence-corrected chi connectivity index (χ0v) is 11.7. The first kappa shape index (κ1) is 15.2. The average Bonchev–Trinajstić information content (AvgIpc) is 2.27. The number of carbonyl (C=O) groups excluding carboxylic acids is 1. The van der Waals surface area contributed by atoms with E-state index in [2.05, 4.69) is 15.9 Å². The molecule has 0 aliphatic carbocycles. The van der Waals surface area contributed by atoms with Crippen molar-refractivity contribution in [1.82, 2.24) is 0 Å². The lowest BCUT2D eigenvalue weighted by molar-refractivity contribution is -0.138. The van der Waals surface area contributed by atoms with Crippen LogP contribution in [0.1, 0.15) is 42.6 Å². The number of alkyl halides is 3. The fourth-order valence-corrected chi connectivity index (χ4v) is 1.97. The SMILES string of the molecule is CCC(C)CC(=O)c1ccc(Br)c(C(F)(F)F)c1. The Balaban J connectivity index is 3.02. The van der Waals surface area contributed by atoms with Gasteiger partial charge < -0.3 is 0 Å². The number of benzene rings is 1. The minimum Gasteiger partial charge on any atom is -0.294 e. The minimum absolute atomic E-state index is 0.0462. The van der Waals surface area contributed by atoms with Crippen molar-refractivity contribution < 1.29 is 18.0 Å². The summed E-state index contributed by atoms with van der Waals surface area (Å²) in [6.45, 7) is 3.85. The summed E-state index contributed by atoms with van der Waals surface area (Å²) in [6, 6.07) is 3.60. The van der Waals surface area contributed by atoms with Crippen LogP contribution in [0.25, 0.3) is 0 Å². The Hall–Kier alpha value is -0.840. The van der Waals surface area contributed by atoms with Crippen LogP contribution in [0, 0.1) is 5.92 Å². The molecule has 0 aliphatic heterocycles. The van der Waals surface area contributed by atoms with Gasteiger partial charge in [-0.05, 0) is 18.1 Å². The smallest absolute Gasteiger partial charge is 0.294 e. The van der Waals surface area contributed by atoms with Gasteiger partial charge >= 0.3 is 6.18 Å². The molecule has 0 heterocycles. The summed E-state index contributed by atoms with van der Waals surface area (Å²) in [5, 5.41) is 0. The molecule has 0 bridgehead atoms. The molecule has 1 nitrogen and oxygen atoms in total. The van der Waals surface area contributed by atoms with Crippen LogP contribution in [0.2, 0.25) is 0 Å². The molecule has 0 aromatic heterocycles. The summed E-state index contributed by atoms with van der Waals surface area (Å²) < 4.78 is 38.0. The second-order valence-corrected chi connectivity index (χ2v) is 5.19. The Morgan fingerprint density at radius 1 is 1.39 bits per heavy atom. The lowest BCUT2D eigenvalue weighted by atomic mass is 9.97. The first-order valence-corrected chi connectivity index (χ1v) is 6.45. The van der Waals surface area contributed by atoms with Gasteiger partial charge in [0.25, 0.3) is 0 Å². The Labute approximate surface area is 113 Å². The van der Waals surface area contributed by atoms with E-state index >= 15 is 0 Å². The summed E-state index contributed by atoms with van der Waals surface area (Å²) in [6.07, 6.45) is -3.35. The zero-order chi connectivity index (χ0) is 13.9. The average molecular weight is 323 g/mol. The molecule has 0 fully saturated rings. The van der Waals surface area contributed by atoms with Crippen LogP contribution in [0.4, 0.5) is 13.2 Å². The van der Waals surface area contributed by atoms with Gasteiger partial charge in [-0.1, -0.05) is 42.3 Å². The van der Waals surface area contributed by atoms with Crippen LogP contribution in [0.15, 0.2) is 22.7 Å². The summed E-state index contributed by atoms with van der Waals surface area (Å²) >= 11 is 2.85. The van der Waals surface area contributed by atoms with Gasteiger partial charge in [0.1, 0.15) is 0 Å². The van der Waals surface area contributed by atoms with Crippen LogP contribution < -0.4 is 0 Å². The molecule has 0 saturated carbocycles. The van der Waals surface area contributed by atoms with E-state index in [-0.39, 0.29) is 28.2 Å². The van der Waals surface area contributed by atoms with Crippen LogP contribution in [-0.4, -0.2) is 5.78 Å². The Morgan fingerprint density at radius 2 is 2.00 bits per heavy atom. The first-order valence-electron chi connectivity index (χ1n) is 5.65. The number of Topliss-reactive ketones (excluding diaryl/α,β-unsaturated/α-hetero) is 1. The fraction of sp³-hybridized carbons (Fsp3) is 0.462. The highest BCUT2D eigenvalue weighted by atomic mass is 79.9. The molecule has 0 radical (unpaired) electrons. The second-order valence-electron chi connectivity index (χ2n) is 4.33. The molecular weight excluding hydrogens is 309 g/mol. The molecular formula is C13H14BrF3O. The number of carbonyl (C=O) groups is 1. The zero-order valence-electron chi connectivity index (χ0n) is 10.1. The maximum atomic E-state index is 12.7. The van der Waals surface area contributed by atoms with E-state index < -0.39 is 11.7 Å². The van der Waals surface area contributed by atoms with Gasteiger partial charge in [0.2, 0.25) is 0 Å². The summed E-state index contributed by atoms with van der Waals surface area (Å²) in [5.41, 5.74) is -0.691. The van der Waals surface area contributed by atoms with Crippen LogP contribution >= 0.6 is 15.9 Å². The molecule has 100 valence electrons. The molecule has 1 aromatic rings. The van der Waals surface area contributed by atoms with Gasteiger partial charge in [0, 0.05) is 16.5 Å². The van der Waals surface area contributed by atoms with Crippen molar-refractivity contribution in [3.05, 3.63) is 33.8 Å². The molecule has 1 unspecified atom stereocenters. The van der Waals surface area contributed by atoms with Crippen molar-refractivity contribution in [2.45, 2.75) is 32.9 Å². The number of rotatable bonds is 4. The standard InChI is InChI=1S/C13H14BrF3O/c1-3-8(2)6-12(18)9-4-5-11(14)10(7-9)13(15,16)17/h4-5,7-8H,3,6H2,1-2H3. The summed E-state index contributed by atoms with van der Waals surface area (Å²) in [7, 11) is 0. The highest BCUT2D eigenvalue weighted by Crippen LogP contribution is 2.35. The van der Waals surface area contributed by atoms with Crippen molar-refractivity contribution in [2.75, 3.05) is 0 Å². The van der Waals surface area contributed by atoms with E-state index in [9.17, 15) is 18.0 Å². The first-order chi connectivity index (χ1) is 8.25. The lowest BCUT2D eigenvalue weighted by Gasteiger charge is -2.12. The van der Waals surface area contributed by atoms with Crippen LogP contribution in [0.3, 0.4) is 0 Å². The van der Waals surface area contributed by atoms with Gasteiger partial charge in [-0.25, -0.2) is 0 Å². The quantitative estimate of drug-likeness (QED) is 0.706. The number of ketones is 1. The van der Waals surface area contributed by atoms with E-state index in [4.69, 9.17) is 0 Å². The monoisotopic (exact) mass is 322 g/mol. The van der Waals surface area contributed by atoms with Gasteiger partial charge in [0.05, 0.1) is 5.56 Å². The maximum absolute atomic E-state index is 12.7. The topological polar surface area (TPSA) is 17.1 Å². The predicted molar refractivity (Wildman–Crippen MR) is 67.5 cm³/mol. The van der Waals surface area contributed by atoms with E-state index in [0.717, 1.165) is 12.5 Å². The molecule has 1 atom stereocenters. The highest BCUT2D eigenvalue weighted by Gasteiger charge is 2.33. The van der Waals surface area contributed by atoms with Gasteiger partial charge in [-0.3, -0.25) is 4.79 Å². The fourth-order valence-electron chi connectivity index (χ4n) is 1.49. The van der Waals surface area contributed by atoms with Crippen LogP contribution in [-0.2, 0) is 6.18 Å². The van der Waals surface area contributed by atoms with Crippen molar-refractivity contribution >= 4 is 21.7 Å². The van der Waals surface area contributed by atoms with Crippen LogP contribution in [0.5, 0.6) is 0 Å². The lowest BCUT2D eigenvalue weighted by Crippen LogP contribution is -2.10. The van der Waals surface area contributed by atoms with Gasteiger partial charge in [-0.2, -0.15) is 13.2 Å². The van der Waals surface area contributed by atoms with E-state index in [1.807, 2.05) is 13.8 Å². The molecule has 0 aliphatic rings. The molecule has 1 aromatic carbocycles. The van der Waals surface area contributed by atoms with E-state index in [1.54, 1.807) is 0 Å². The molecule has 18 heavy (non-hydrogen) atoms. The Kier molecular flexibility index (Phi) is 4.96. The highest BCUT2D eigenvalue weighted by molar-refractivity contribution is 9.10. The van der Waals surface area contributed by atoms with Gasteiger partial charge in [-0.15, -0.1) is 0 Å². The molecule has 0 spiro atoms. The van der Waals surface area contributed by atoms with Crippen molar-refractivity contribution in [3.63, 3.8) is 0 Å². The molecule has 1 rings (SSSR count). The maximum Gasteiger partial charge on any atom is 0.417 e. The Bertz CT molecular complexity index is 440. The second kappa shape index (κ2) is 5.87. The van der Waals surface area contributed by atoms with Gasteiger partial charge in [0.15, 0.2) is 5.78 Å². The number of halogens is 4.